The highest BCUT2D eigenvalue weighted by atomic mass is 35.5. The van der Waals surface area contributed by atoms with Crippen molar-refractivity contribution >= 4 is 29.2 Å². The molecule has 1 heterocycles. The van der Waals surface area contributed by atoms with Crippen LogP contribution in [0.1, 0.15) is 5.69 Å². The summed E-state index contributed by atoms with van der Waals surface area (Å²) in [6.45, 7) is 0.695. The van der Waals surface area contributed by atoms with Crippen LogP contribution in [-0.2, 0) is 6.42 Å². The van der Waals surface area contributed by atoms with Gasteiger partial charge < -0.3 is 0 Å². The van der Waals surface area contributed by atoms with E-state index in [-0.39, 0.29) is 5.69 Å². The van der Waals surface area contributed by atoms with Crippen molar-refractivity contribution in [3.05, 3.63) is 63.4 Å². The molecule has 1 aromatic heterocycles. The number of halogens is 1. The number of nitrogens with zero attached hydrogens (tertiary/aromatic N) is 2. The van der Waals surface area contributed by atoms with E-state index in [4.69, 9.17) is 11.6 Å². The average molecular weight is 310 g/mol. The Morgan fingerprint density at radius 2 is 2.20 bits per heavy atom. The summed E-state index contributed by atoms with van der Waals surface area (Å²) >= 11 is 7.28. The topological polar surface area (TPSA) is 68.1 Å². The molecule has 0 saturated heterocycles. The van der Waals surface area contributed by atoms with E-state index in [1.807, 2.05) is 18.2 Å². The van der Waals surface area contributed by atoms with Crippen LogP contribution >= 0.6 is 23.5 Å². The smallest absolute Gasteiger partial charge is 0.261 e. The lowest BCUT2D eigenvalue weighted by Gasteiger charge is -2.05. The lowest BCUT2D eigenvalue weighted by molar-refractivity contribution is -0.385. The highest BCUT2D eigenvalue weighted by molar-refractivity contribution is 7.97. The molecule has 104 valence electrons. The Bertz CT molecular complexity index is 595. The SMILES string of the molecule is O=[N+]([O-])c1ccc(Cl)c(SNCCc2ccccn2)c1. The van der Waals surface area contributed by atoms with Crippen molar-refractivity contribution in [1.82, 2.24) is 9.71 Å². The second kappa shape index (κ2) is 7.23. The molecule has 0 saturated carbocycles. The Labute approximate surface area is 125 Å². The number of nitrogens with one attached hydrogen (secondary N) is 1. The quantitative estimate of drug-likeness (QED) is 0.383. The van der Waals surface area contributed by atoms with Gasteiger partial charge in [0.25, 0.3) is 5.69 Å². The molecule has 5 nitrogen and oxygen atoms in total. The van der Waals surface area contributed by atoms with Gasteiger partial charge in [0.05, 0.1) is 9.95 Å². The third-order valence-electron chi connectivity index (χ3n) is 2.52. The number of hydrogen-bond donors (Lipinski definition) is 1. The van der Waals surface area contributed by atoms with Gasteiger partial charge in [-0.2, -0.15) is 0 Å². The Balaban J connectivity index is 1.88. The van der Waals surface area contributed by atoms with Crippen LogP contribution in [0.25, 0.3) is 0 Å². The van der Waals surface area contributed by atoms with Crippen molar-refractivity contribution in [3.8, 4) is 0 Å². The zero-order chi connectivity index (χ0) is 14.4. The molecule has 1 N–H and O–H groups in total. The molecule has 0 spiro atoms. The van der Waals surface area contributed by atoms with Crippen molar-refractivity contribution in [2.24, 2.45) is 0 Å². The molecule has 0 amide bonds. The number of rotatable bonds is 6. The predicted molar refractivity (Wildman–Crippen MR) is 79.9 cm³/mol. The maximum atomic E-state index is 10.7. The predicted octanol–water partition coefficient (Wildman–Crippen LogP) is 3.48. The van der Waals surface area contributed by atoms with E-state index in [1.165, 1.54) is 30.1 Å². The van der Waals surface area contributed by atoms with Crippen molar-refractivity contribution in [2.75, 3.05) is 6.54 Å². The number of nitro groups is 1. The minimum Gasteiger partial charge on any atom is -0.261 e. The van der Waals surface area contributed by atoms with Crippen LogP contribution in [0, 0.1) is 10.1 Å². The van der Waals surface area contributed by atoms with Crippen LogP contribution in [0.3, 0.4) is 0 Å². The van der Waals surface area contributed by atoms with E-state index < -0.39 is 4.92 Å². The van der Waals surface area contributed by atoms with Crippen LogP contribution in [0.4, 0.5) is 5.69 Å². The van der Waals surface area contributed by atoms with Gasteiger partial charge in [0.2, 0.25) is 0 Å². The van der Waals surface area contributed by atoms with Gasteiger partial charge in [-0.15, -0.1) is 0 Å². The molecular formula is C13H12ClN3O2S. The fraction of sp³-hybridized carbons (Fsp3) is 0.154. The summed E-state index contributed by atoms with van der Waals surface area (Å²) < 4.78 is 3.13. The van der Waals surface area contributed by atoms with Crippen LogP contribution in [0.2, 0.25) is 5.02 Å². The molecule has 0 fully saturated rings. The summed E-state index contributed by atoms with van der Waals surface area (Å²) in [4.78, 5) is 15.1. The van der Waals surface area contributed by atoms with Crippen molar-refractivity contribution in [3.63, 3.8) is 0 Å². The number of nitro benzene ring substituents is 1. The summed E-state index contributed by atoms with van der Waals surface area (Å²) in [5.41, 5.74) is 1.02. The highest BCUT2D eigenvalue weighted by Crippen LogP contribution is 2.28. The lowest BCUT2D eigenvalue weighted by atomic mass is 10.3. The Hall–Kier alpha value is -1.63. The van der Waals surface area contributed by atoms with Gasteiger partial charge in [-0.05, 0) is 30.1 Å². The molecule has 0 bridgehead atoms. The average Bonchev–Trinajstić information content (AvgIpc) is 2.46. The first-order chi connectivity index (χ1) is 9.66. The Morgan fingerprint density at radius 3 is 2.90 bits per heavy atom. The van der Waals surface area contributed by atoms with E-state index in [9.17, 15) is 10.1 Å². The van der Waals surface area contributed by atoms with Crippen LogP contribution < -0.4 is 4.72 Å². The van der Waals surface area contributed by atoms with Crippen LogP contribution in [0.5, 0.6) is 0 Å². The molecule has 7 heteroatoms. The monoisotopic (exact) mass is 309 g/mol. The molecule has 20 heavy (non-hydrogen) atoms. The first-order valence-electron chi connectivity index (χ1n) is 5.90. The normalized spacial score (nSPS) is 10.4. The van der Waals surface area contributed by atoms with E-state index in [2.05, 4.69) is 9.71 Å². The van der Waals surface area contributed by atoms with E-state index >= 15 is 0 Å². The van der Waals surface area contributed by atoms with Crippen LogP contribution in [0.15, 0.2) is 47.5 Å². The van der Waals surface area contributed by atoms with Gasteiger partial charge in [0.15, 0.2) is 0 Å². The maximum absolute atomic E-state index is 10.7. The van der Waals surface area contributed by atoms with Crippen LogP contribution in [-0.4, -0.2) is 16.5 Å². The minimum absolute atomic E-state index is 0.0310. The number of benzene rings is 1. The summed E-state index contributed by atoms with van der Waals surface area (Å²) in [6.07, 6.45) is 2.53. The molecule has 0 aliphatic carbocycles. The van der Waals surface area contributed by atoms with Gasteiger partial charge >= 0.3 is 0 Å². The van der Waals surface area contributed by atoms with Gasteiger partial charge in [-0.25, -0.2) is 0 Å². The third kappa shape index (κ3) is 4.19. The summed E-state index contributed by atoms with van der Waals surface area (Å²) in [7, 11) is 0. The first-order valence-corrected chi connectivity index (χ1v) is 7.10. The van der Waals surface area contributed by atoms with Gasteiger partial charge in [0, 0.05) is 41.9 Å². The van der Waals surface area contributed by atoms with Crippen molar-refractivity contribution in [1.29, 1.82) is 0 Å². The molecular weight excluding hydrogens is 298 g/mol. The van der Waals surface area contributed by atoms with E-state index in [0.29, 0.717) is 16.5 Å². The van der Waals surface area contributed by atoms with Gasteiger partial charge in [0.1, 0.15) is 0 Å². The molecule has 2 rings (SSSR count). The fourth-order valence-corrected chi connectivity index (χ4v) is 2.48. The van der Waals surface area contributed by atoms with Crippen molar-refractivity contribution in [2.45, 2.75) is 11.3 Å². The molecule has 1 aromatic carbocycles. The Morgan fingerprint density at radius 1 is 1.35 bits per heavy atom. The lowest BCUT2D eigenvalue weighted by Crippen LogP contribution is -2.09. The second-order valence-electron chi connectivity index (χ2n) is 3.94. The summed E-state index contributed by atoms with van der Waals surface area (Å²) in [6, 6.07) is 10.1. The molecule has 0 radical (unpaired) electrons. The highest BCUT2D eigenvalue weighted by Gasteiger charge is 2.10. The van der Waals surface area contributed by atoms with Gasteiger partial charge in [-0.3, -0.25) is 19.8 Å². The maximum Gasteiger partial charge on any atom is 0.270 e. The van der Waals surface area contributed by atoms with Gasteiger partial charge in [-0.1, -0.05) is 17.7 Å². The molecule has 0 aliphatic rings. The molecule has 2 aromatic rings. The zero-order valence-electron chi connectivity index (χ0n) is 10.5. The summed E-state index contributed by atoms with van der Waals surface area (Å²) in [5, 5.41) is 11.2. The number of hydrogen-bond acceptors (Lipinski definition) is 5. The third-order valence-corrected chi connectivity index (χ3v) is 3.86. The molecule has 0 unspecified atom stereocenters. The molecule has 0 atom stereocenters. The first kappa shape index (κ1) is 14.8. The second-order valence-corrected chi connectivity index (χ2v) is 5.28. The largest absolute Gasteiger partial charge is 0.270 e. The fourth-order valence-electron chi connectivity index (χ4n) is 1.54. The Kier molecular flexibility index (Phi) is 5.34. The zero-order valence-corrected chi connectivity index (χ0v) is 12.0. The van der Waals surface area contributed by atoms with E-state index in [1.54, 1.807) is 6.20 Å². The standard InChI is InChI=1S/C13H12ClN3O2S/c14-12-5-4-11(17(18)19)9-13(12)20-16-8-6-10-3-1-2-7-15-10/h1-5,7,9,16H,6,8H2. The number of pyridine rings is 1. The number of aromatic nitrogens is 1. The number of non-ortho nitro benzene ring substituents is 1. The minimum atomic E-state index is -0.436. The molecule has 0 aliphatic heterocycles. The summed E-state index contributed by atoms with van der Waals surface area (Å²) in [5.74, 6) is 0. The van der Waals surface area contributed by atoms with E-state index in [0.717, 1.165) is 12.1 Å². The van der Waals surface area contributed by atoms with Crippen molar-refractivity contribution < 1.29 is 4.92 Å².